The molecule has 8 nitrogen and oxygen atoms in total. The second-order valence-electron chi connectivity index (χ2n) is 7.24. The highest BCUT2D eigenvalue weighted by molar-refractivity contribution is 5.98. The largest absolute Gasteiger partial charge is 0.478 e. The molecule has 1 aliphatic rings. The molecule has 1 heterocycles. The zero-order valence-electron chi connectivity index (χ0n) is 14.6. The van der Waals surface area contributed by atoms with Crippen LogP contribution in [0.5, 0.6) is 0 Å². The number of carbonyl (C=O) groups is 2. The van der Waals surface area contributed by atoms with Gasteiger partial charge in [-0.05, 0) is 39.7 Å². The summed E-state index contributed by atoms with van der Waals surface area (Å²) in [5.74, 6) is -1.79. The number of carbonyl (C=O) groups excluding carboxylic acids is 1. The number of hydrogen-bond acceptors (Lipinski definition) is 5. The Morgan fingerprint density at radius 1 is 1.20 bits per heavy atom. The van der Waals surface area contributed by atoms with Gasteiger partial charge in [-0.15, -0.1) is 0 Å². The number of nitrogens with zero attached hydrogens (tertiary/aromatic N) is 2. The van der Waals surface area contributed by atoms with E-state index in [2.05, 4.69) is 31.0 Å². The minimum atomic E-state index is -1.31. The van der Waals surface area contributed by atoms with E-state index in [9.17, 15) is 19.7 Å². The smallest absolute Gasteiger partial charge is 0.335 e. The number of non-ortho nitro benzene ring substituents is 1. The third kappa shape index (κ3) is 4.76. The fraction of sp³-hybridized carbons (Fsp3) is 0.529. The number of hydrogen-bond donors (Lipinski definition) is 2. The van der Waals surface area contributed by atoms with Gasteiger partial charge < -0.3 is 10.4 Å². The lowest BCUT2D eigenvalue weighted by Crippen LogP contribution is -2.50. The van der Waals surface area contributed by atoms with Crippen molar-refractivity contribution < 1.29 is 19.6 Å². The van der Waals surface area contributed by atoms with Gasteiger partial charge >= 0.3 is 5.97 Å². The molecule has 8 heteroatoms. The number of benzene rings is 1. The Morgan fingerprint density at radius 3 is 2.24 bits per heavy atom. The predicted molar refractivity (Wildman–Crippen MR) is 91.9 cm³/mol. The molecule has 1 aromatic rings. The molecule has 0 bridgehead atoms. The molecule has 0 aliphatic carbocycles. The minimum absolute atomic E-state index is 0.00940. The maximum atomic E-state index is 12.4. The molecule has 0 saturated carbocycles. The van der Waals surface area contributed by atoms with Crippen LogP contribution in [-0.4, -0.2) is 51.5 Å². The highest BCUT2D eigenvalue weighted by Gasteiger charge is 2.28. The van der Waals surface area contributed by atoms with Crippen molar-refractivity contribution >= 4 is 17.6 Å². The van der Waals surface area contributed by atoms with Crippen LogP contribution in [0.15, 0.2) is 18.2 Å². The van der Waals surface area contributed by atoms with E-state index in [0.717, 1.165) is 44.1 Å². The Balaban J connectivity index is 2.09. The van der Waals surface area contributed by atoms with Gasteiger partial charge in [0.1, 0.15) is 0 Å². The first-order valence-electron chi connectivity index (χ1n) is 8.16. The Hall–Kier alpha value is -2.48. The van der Waals surface area contributed by atoms with Crippen LogP contribution in [0.2, 0.25) is 0 Å². The first kappa shape index (κ1) is 18.9. The van der Waals surface area contributed by atoms with Gasteiger partial charge in [-0.2, -0.15) is 0 Å². The maximum Gasteiger partial charge on any atom is 0.335 e. The van der Waals surface area contributed by atoms with Crippen LogP contribution in [-0.2, 0) is 0 Å². The highest BCUT2D eigenvalue weighted by atomic mass is 16.6. The van der Waals surface area contributed by atoms with Gasteiger partial charge in [-0.25, -0.2) is 4.79 Å². The van der Waals surface area contributed by atoms with E-state index >= 15 is 0 Å². The maximum absolute atomic E-state index is 12.4. The monoisotopic (exact) mass is 349 g/mol. The van der Waals surface area contributed by atoms with E-state index < -0.39 is 22.5 Å². The number of likely N-dealkylation sites (tertiary alicyclic amines) is 1. The molecule has 25 heavy (non-hydrogen) atoms. The SMILES string of the molecule is CC(C)(C)N1CCC(NC(=O)c2cc(C(=O)O)cc([N+](=O)[O-])c2)CC1. The fourth-order valence-corrected chi connectivity index (χ4v) is 2.93. The molecular weight excluding hydrogens is 326 g/mol. The summed E-state index contributed by atoms with van der Waals surface area (Å²) >= 11 is 0. The second kappa shape index (κ2) is 7.18. The van der Waals surface area contributed by atoms with Crippen molar-refractivity contribution in [2.75, 3.05) is 13.1 Å². The van der Waals surface area contributed by atoms with Gasteiger partial charge in [0.05, 0.1) is 10.5 Å². The van der Waals surface area contributed by atoms with Crippen molar-refractivity contribution in [3.8, 4) is 0 Å². The fourth-order valence-electron chi connectivity index (χ4n) is 2.93. The summed E-state index contributed by atoms with van der Waals surface area (Å²) in [5, 5.41) is 22.9. The molecule has 0 radical (unpaired) electrons. The molecular formula is C17H23N3O5. The van der Waals surface area contributed by atoms with E-state index in [0.29, 0.717) is 0 Å². The number of nitro benzene ring substituents is 1. The van der Waals surface area contributed by atoms with Crippen LogP contribution in [0.4, 0.5) is 5.69 Å². The van der Waals surface area contributed by atoms with E-state index in [4.69, 9.17) is 5.11 Å². The number of piperidine rings is 1. The van der Waals surface area contributed by atoms with Gasteiger partial charge in [-0.1, -0.05) is 0 Å². The Labute approximate surface area is 146 Å². The zero-order valence-corrected chi connectivity index (χ0v) is 14.6. The summed E-state index contributed by atoms with van der Waals surface area (Å²) < 4.78 is 0. The minimum Gasteiger partial charge on any atom is -0.478 e. The number of rotatable bonds is 4. The van der Waals surface area contributed by atoms with Crippen molar-refractivity contribution in [1.82, 2.24) is 10.2 Å². The van der Waals surface area contributed by atoms with Gasteiger partial charge in [0.2, 0.25) is 0 Å². The lowest BCUT2D eigenvalue weighted by molar-refractivity contribution is -0.384. The Kier molecular flexibility index (Phi) is 5.42. The summed E-state index contributed by atoms with van der Waals surface area (Å²) in [4.78, 5) is 36.1. The first-order chi connectivity index (χ1) is 11.6. The molecule has 2 N–H and O–H groups in total. The molecule has 136 valence electrons. The molecule has 1 amide bonds. The number of amides is 1. The van der Waals surface area contributed by atoms with Crippen LogP contribution in [0, 0.1) is 10.1 Å². The first-order valence-corrected chi connectivity index (χ1v) is 8.16. The predicted octanol–water partition coefficient (Wildman–Crippen LogP) is 2.29. The number of nitrogens with one attached hydrogen (secondary N) is 1. The van der Waals surface area contributed by atoms with Crippen molar-refractivity contribution in [2.45, 2.75) is 45.2 Å². The van der Waals surface area contributed by atoms with Crippen molar-refractivity contribution in [1.29, 1.82) is 0 Å². The van der Waals surface area contributed by atoms with E-state index in [1.54, 1.807) is 0 Å². The van der Waals surface area contributed by atoms with Crippen LogP contribution in [0.3, 0.4) is 0 Å². The van der Waals surface area contributed by atoms with Crippen LogP contribution >= 0.6 is 0 Å². The molecule has 1 aromatic carbocycles. The van der Waals surface area contributed by atoms with Crippen LogP contribution < -0.4 is 5.32 Å². The normalized spacial score (nSPS) is 16.4. The quantitative estimate of drug-likeness (QED) is 0.637. The Bertz CT molecular complexity index is 656. The third-order valence-electron chi connectivity index (χ3n) is 4.42. The second-order valence-corrected chi connectivity index (χ2v) is 7.24. The number of nitro groups is 1. The third-order valence-corrected chi connectivity index (χ3v) is 4.42. The highest BCUT2D eigenvalue weighted by Crippen LogP contribution is 2.21. The van der Waals surface area contributed by atoms with Gasteiger partial charge in [0.15, 0.2) is 0 Å². The molecule has 1 aliphatic heterocycles. The van der Waals surface area contributed by atoms with Gasteiger partial charge in [0, 0.05) is 42.4 Å². The lowest BCUT2D eigenvalue weighted by Gasteiger charge is -2.41. The topological polar surface area (TPSA) is 113 Å². The molecule has 2 rings (SSSR count). The number of aromatic carboxylic acids is 1. The summed E-state index contributed by atoms with van der Waals surface area (Å²) in [6.07, 6.45) is 1.56. The number of carboxylic acids is 1. The van der Waals surface area contributed by atoms with Gasteiger partial charge in [0.25, 0.3) is 11.6 Å². The van der Waals surface area contributed by atoms with Gasteiger partial charge in [-0.3, -0.25) is 19.8 Å². The van der Waals surface area contributed by atoms with E-state index in [1.165, 1.54) is 0 Å². The van der Waals surface area contributed by atoms with Crippen molar-refractivity contribution in [3.05, 3.63) is 39.4 Å². The standard InChI is InChI=1S/C17H23N3O5/c1-17(2,3)19-6-4-13(5-7-19)18-15(21)11-8-12(16(22)23)10-14(9-11)20(24)25/h8-10,13H,4-7H2,1-3H3,(H,18,21)(H,22,23). The average molecular weight is 349 g/mol. The Morgan fingerprint density at radius 2 is 1.76 bits per heavy atom. The molecule has 0 unspecified atom stereocenters. The molecule has 0 spiro atoms. The molecule has 0 atom stereocenters. The summed E-state index contributed by atoms with van der Waals surface area (Å²) in [6, 6.07) is 3.18. The van der Waals surface area contributed by atoms with Crippen LogP contribution in [0.1, 0.15) is 54.3 Å². The number of carboxylic acid groups (broad SMARTS) is 1. The van der Waals surface area contributed by atoms with Crippen molar-refractivity contribution in [3.63, 3.8) is 0 Å². The van der Waals surface area contributed by atoms with E-state index in [-0.39, 0.29) is 22.7 Å². The van der Waals surface area contributed by atoms with Crippen molar-refractivity contribution in [2.24, 2.45) is 0 Å². The molecule has 0 aromatic heterocycles. The zero-order chi connectivity index (χ0) is 18.8. The average Bonchev–Trinajstić information content (AvgIpc) is 2.53. The molecule has 1 fully saturated rings. The summed E-state index contributed by atoms with van der Waals surface area (Å²) in [6.45, 7) is 8.13. The van der Waals surface area contributed by atoms with Crippen LogP contribution in [0.25, 0.3) is 0 Å². The summed E-state index contributed by atoms with van der Waals surface area (Å²) in [7, 11) is 0. The molecule has 1 saturated heterocycles. The van der Waals surface area contributed by atoms with E-state index in [1.807, 2.05) is 0 Å². The summed E-state index contributed by atoms with van der Waals surface area (Å²) in [5.41, 5.74) is -0.620. The lowest BCUT2D eigenvalue weighted by atomic mass is 9.97.